The van der Waals surface area contributed by atoms with E-state index in [4.69, 9.17) is 0 Å². The van der Waals surface area contributed by atoms with Gasteiger partial charge in [-0.25, -0.2) is 0 Å². The van der Waals surface area contributed by atoms with E-state index in [-0.39, 0.29) is 6.04 Å². The Morgan fingerprint density at radius 1 is 0.731 bits per heavy atom. The first-order valence-corrected chi connectivity index (χ1v) is 10.4. The maximum absolute atomic E-state index is 4.67. The van der Waals surface area contributed by atoms with Crippen LogP contribution in [0.3, 0.4) is 0 Å². The van der Waals surface area contributed by atoms with Gasteiger partial charge in [0.15, 0.2) is 0 Å². The van der Waals surface area contributed by atoms with E-state index in [0.717, 1.165) is 19.4 Å². The van der Waals surface area contributed by atoms with Crippen LogP contribution in [0.2, 0.25) is 0 Å². The minimum absolute atomic E-state index is 0.221. The summed E-state index contributed by atoms with van der Waals surface area (Å²) in [6, 6.07) is 21.7. The van der Waals surface area contributed by atoms with Crippen molar-refractivity contribution >= 4 is 0 Å². The third kappa shape index (κ3) is 8.42. The van der Waals surface area contributed by atoms with Gasteiger partial charge >= 0.3 is 0 Å². The summed E-state index contributed by atoms with van der Waals surface area (Å²) >= 11 is 0. The van der Waals surface area contributed by atoms with Crippen LogP contribution in [0.25, 0.3) is 0 Å². The molecular weight excluding hydrogens is 316 g/mol. The second-order valence-electron chi connectivity index (χ2n) is 7.05. The summed E-state index contributed by atoms with van der Waals surface area (Å²) in [7, 11) is 0. The number of benzene rings is 2. The van der Waals surface area contributed by atoms with Gasteiger partial charge in [0.1, 0.15) is 0 Å². The standard InChI is InChI=1S/C24H34N2/c1-2-3-4-14-21-25-26-24(23-18-11-7-12-19-23)20-13-6-10-17-22-15-8-5-9-16-22/h5,7-9,11-12,15-16,18-19,24H,2-4,6,10,13-14,17,20-21H2,1H3. The van der Waals surface area contributed by atoms with Gasteiger partial charge in [0.2, 0.25) is 0 Å². The molecule has 0 saturated carbocycles. The molecular formula is C24H34N2. The molecule has 0 spiro atoms. The van der Waals surface area contributed by atoms with Crippen LogP contribution in [0.1, 0.15) is 75.5 Å². The zero-order valence-corrected chi connectivity index (χ0v) is 16.3. The molecule has 0 aliphatic rings. The Balaban J connectivity index is 1.74. The lowest BCUT2D eigenvalue weighted by Crippen LogP contribution is -1.96. The Bertz CT molecular complexity index is 592. The summed E-state index contributed by atoms with van der Waals surface area (Å²) in [5.74, 6) is 0. The van der Waals surface area contributed by atoms with Crippen LogP contribution in [-0.4, -0.2) is 6.54 Å². The third-order valence-electron chi connectivity index (χ3n) is 4.80. The molecule has 0 aromatic heterocycles. The van der Waals surface area contributed by atoms with Crippen molar-refractivity contribution in [2.24, 2.45) is 10.2 Å². The smallest absolute Gasteiger partial charge is 0.0957 e. The van der Waals surface area contributed by atoms with Crippen molar-refractivity contribution in [1.29, 1.82) is 0 Å². The zero-order chi connectivity index (χ0) is 18.3. The zero-order valence-electron chi connectivity index (χ0n) is 16.3. The van der Waals surface area contributed by atoms with Crippen molar-refractivity contribution in [2.45, 2.75) is 70.8 Å². The molecule has 0 saturated heterocycles. The predicted octanol–water partition coefficient (Wildman–Crippen LogP) is 7.56. The van der Waals surface area contributed by atoms with Crippen molar-refractivity contribution in [3.63, 3.8) is 0 Å². The number of hydrogen-bond acceptors (Lipinski definition) is 2. The maximum atomic E-state index is 4.67. The van der Waals surface area contributed by atoms with Gasteiger partial charge in [-0.2, -0.15) is 10.2 Å². The number of aryl methyl sites for hydroxylation is 1. The Morgan fingerprint density at radius 3 is 2.15 bits per heavy atom. The van der Waals surface area contributed by atoms with Crippen LogP contribution in [0.15, 0.2) is 70.9 Å². The Morgan fingerprint density at radius 2 is 1.42 bits per heavy atom. The summed E-state index contributed by atoms with van der Waals surface area (Å²) in [6.07, 6.45) is 11.0. The molecule has 2 heteroatoms. The Labute approximate surface area is 159 Å². The van der Waals surface area contributed by atoms with E-state index in [1.54, 1.807) is 0 Å². The van der Waals surface area contributed by atoms with Gasteiger partial charge in [0.25, 0.3) is 0 Å². The molecule has 0 radical (unpaired) electrons. The summed E-state index contributed by atoms with van der Waals surface area (Å²) in [4.78, 5) is 0. The third-order valence-corrected chi connectivity index (χ3v) is 4.80. The van der Waals surface area contributed by atoms with Crippen LogP contribution in [-0.2, 0) is 6.42 Å². The van der Waals surface area contributed by atoms with E-state index in [9.17, 15) is 0 Å². The molecule has 0 heterocycles. The number of nitrogens with zero attached hydrogens (tertiary/aromatic N) is 2. The fourth-order valence-corrected chi connectivity index (χ4v) is 3.22. The molecule has 0 bridgehead atoms. The molecule has 0 fully saturated rings. The van der Waals surface area contributed by atoms with E-state index < -0.39 is 0 Å². The minimum Gasteiger partial charge on any atom is -0.194 e. The number of rotatable bonds is 13. The van der Waals surface area contributed by atoms with Gasteiger partial charge < -0.3 is 0 Å². The van der Waals surface area contributed by atoms with Crippen LogP contribution < -0.4 is 0 Å². The van der Waals surface area contributed by atoms with Crippen molar-refractivity contribution < 1.29 is 0 Å². The molecule has 26 heavy (non-hydrogen) atoms. The molecule has 140 valence electrons. The first-order chi connectivity index (χ1) is 12.9. The predicted molar refractivity (Wildman–Crippen MR) is 112 cm³/mol. The van der Waals surface area contributed by atoms with Gasteiger partial charge in [-0.05, 0) is 36.8 Å². The maximum Gasteiger partial charge on any atom is 0.0957 e. The van der Waals surface area contributed by atoms with Gasteiger partial charge in [0.05, 0.1) is 12.6 Å². The molecule has 0 aliphatic carbocycles. The van der Waals surface area contributed by atoms with E-state index in [2.05, 4.69) is 77.8 Å². The summed E-state index contributed by atoms with van der Waals surface area (Å²) < 4.78 is 0. The van der Waals surface area contributed by atoms with E-state index in [1.807, 2.05) is 0 Å². The summed E-state index contributed by atoms with van der Waals surface area (Å²) in [6.45, 7) is 3.11. The molecule has 2 nitrogen and oxygen atoms in total. The molecule has 2 aromatic rings. The van der Waals surface area contributed by atoms with E-state index in [0.29, 0.717) is 0 Å². The topological polar surface area (TPSA) is 24.7 Å². The van der Waals surface area contributed by atoms with Gasteiger partial charge in [-0.1, -0.05) is 99.7 Å². The Kier molecular flexibility index (Phi) is 10.4. The fourth-order valence-electron chi connectivity index (χ4n) is 3.22. The number of hydrogen-bond donors (Lipinski definition) is 0. The van der Waals surface area contributed by atoms with Gasteiger partial charge in [-0.15, -0.1) is 0 Å². The number of unbranched alkanes of at least 4 members (excludes halogenated alkanes) is 5. The van der Waals surface area contributed by atoms with Crippen LogP contribution in [0.4, 0.5) is 0 Å². The van der Waals surface area contributed by atoms with Crippen molar-refractivity contribution in [3.8, 4) is 0 Å². The first kappa shape index (κ1) is 20.4. The highest BCUT2D eigenvalue weighted by molar-refractivity contribution is 5.18. The lowest BCUT2D eigenvalue weighted by molar-refractivity contribution is 0.544. The van der Waals surface area contributed by atoms with E-state index >= 15 is 0 Å². The molecule has 0 N–H and O–H groups in total. The molecule has 2 rings (SSSR count). The van der Waals surface area contributed by atoms with Crippen LogP contribution in [0, 0.1) is 0 Å². The SMILES string of the molecule is CCCCCCN=NC(CCCCCc1ccccc1)c1ccccc1. The molecule has 1 unspecified atom stereocenters. The first-order valence-electron chi connectivity index (χ1n) is 10.4. The minimum atomic E-state index is 0.221. The monoisotopic (exact) mass is 350 g/mol. The van der Waals surface area contributed by atoms with Crippen molar-refractivity contribution in [1.82, 2.24) is 0 Å². The Hall–Kier alpha value is -1.96. The van der Waals surface area contributed by atoms with Crippen LogP contribution in [0.5, 0.6) is 0 Å². The highest BCUT2D eigenvalue weighted by atomic mass is 15.1. The average molecular weight is 351 g/mol. The van der Waals surface area contributed by atoms with E-state index in [1.165, 1.54) is 56.1 Å². The lowest BCUT2D eigenvalue weighted by Gasteiger charge is -2.12. The highest BCUT2D eigenvalue weighted by Crippen LogP contribution is 2.24. The van der Waals surface area contributed by atoms with Gasteiger partial charge in [-0.3, -0.25) is 0 Å². The second kappa shape index (κ2) is 13.3. The second-order valence-corrected chi connectivity index (χ2v) is 7.05. The lowest BCUT2D eigenvalue weighted by atomic mass is 10.00. The molecule has 2 aromatic carbocycles. The molecule has 0 aliphatic heterocycles. The summed E-state index contributed by atoms with van der Waals surface area (Å²) in [5.41, 5.74) is 2.74. The van der Waals surface area contributed by atoms with Gasteiger partial charge in [0, 0.05) is 0 Å². The quantitative estimate of drug-likeness (QED) is 0.263. The number of azo groups is 1. The fraction of sp³-hybridized carbons (Fsp3) is 0.500. The largest absolute Gasteiger partial charge is 0.194 e. The van der Waals surface area contributed by atoms with Crippen molar-refractivity contribution in [2.75, 3.05) is 6.54 Å². The highest BCUT2D eigenvalue weighted by Gasteiger charge is 2.09. The van der Waals surface area contributed by atoms with Crippen molar-refractivity contribution in [3.05, 3.63) is 71.8 Å². The normalized spacial score (nSPS) is 12.5. The average Bonchev–Trinajstić information content (AvgIpc) is 2.70. The van der Waals surface area contributed by atoms with Crippen LogP contribution >= 0.6 is 0 Å². The summed E-state index contributed by atoms with van der Waals surface area (Å²) in [5, 5.41) is 9.16. The molecule has 1 atom stereocenters. The molecule has 0 amide bonds.